The number of hydrogen-bond donors (Lipinski definition) is 1. The molecular formula is C21H24O3. The molecule has 1 aliphatic carbocycles. The number of hydrogen-bond acceptors (Lipinski definition) is 3. The van der Waals surface area contributed by atoms with Crippen molar-refractivity contribution in [2.45, 2.75) is 51.6 Å². The number of fused-ring (bicyclic) bond motifs is 1. The van der Waals surface area contributed by atoms with E-state index < -0.39 is 11.6 Å². The number of aryl methyl sites for hydroxylation is 1. The first-order valence-corrected chi connectivity index (χ1v) is 8.35. The molecule has 3 nitrogen and oxygen atoms in total. The molecule has 3 heteroatoms. The van der Waals surface area contributed by atoms with Crippen LogP contribution in [-0.2, 0) is 11.0 Å². The van der Waals surface area contributed by atoms with Crippen LogP contribution in [0.15, 0.2) is 42.5 Å². The van der Waals surface area contributed by atoms with Crippen molar-refractivity contribution >= 4 is 5.97 Å². The summed E-state index contributed by atoms with van der Waals surface area (Å²) >= 11 is 0. The van der Waals surface area contributed by atoms with Crippen molar-refractivity contribution in [3.05, 3.63) is 64.7 Å². The summed E-state index contributed by atoms with van der Waals surface area (Å²) < 4.78 is 5.45. The molecule has 1 unspecified atom stereocenters. The monoisotopic (exact) mass is 324 g/mol. The van der Waals surface area contributed by atoms with Crippen LogP contribution in [0.1, 0.15) is 60.7 Å². The van der Waals surface area contributed by atoms with Crippen molar-refractivity contribution in [1.29, 1.82) is 0 Å². The lowest BCUT2D eigenvalue weighted by molar-refractivity contribution is 0.0276. The van der Waals surface area contributed by atoms with E-state index in [4.69, 9.17) is 4.74 Å². The van der Waals surface area contributed by atoms with Gasteiger partial charge < -0.3 is 9.84 Å². The number of carbonyl (C=O) groups excluding carboxylic acids is 1. The van der Waals surface area contributed by atoms with Gasteiger partial charge in [0.1, 0.15) is 5.75 Å². The SMILES string of the molecule is Cc1ccc(OC(=O)c2ccc3c(c2)C(C)(O)CCC3(C)C)cc1. The first-order valence-electron chi connectivity index (χ1n) is 8.35. The quantitative estimate of drug-likeness (QED) is 0.654. The van der Waals surface area contributed by atoms with Gasteiger partial charge in [0.05, 0.1) is 11.2 Å². The van der Waals surface area contributed by atoms with Crippen molar-refractivity contribution in [2.24, 2.45) is 0 Å². The van der Waals surface area contributed by atoms with E-state index in [2.05, 4.69) is 13.8 Å². The van der Waals surface area contributed by atoms with E-state index >= 15 is 0 Å². The molecule has 1 atom stereocenters. The van der Waals surface area contributed by atoms with E-state index in [0.717, 1.165) is 23.1 Å². The smallest absolute Gasteiger partial charge is 0.343 e. The number of ether oxygens (including phenoxy) is 1. The largest absolute Gasteiger partial charge is 0.423 e. The zero-order valence-corrected chi connectivity index (χ0v) is 14.7. The van der Waals surface area contributed by atoms with Crippen molar-refractivity contribution in [3.8, 4) is 5.75 Å². The molecule has 2 aromatic carbocycles. The number of esters is 1. The van der Waals surface area contributed by atoms with Crippen LogP contribution >= 0.6 is 0 Å². The Labute approximate surface area is 143 Å². The molecule has 2 aromatic rings. The van der Waals surface area contributed by atoms with Crippen LogP contribution in [0.4, 0.5) is 0 Å². The van der Waals surface area contributed by atoms with Crippen LogP contribution < -0.4 is 4.74 Å². The summed E-state index contributed by atoms with van der Waals surface area (Å²) in [4.78, 5) is 12.5. The fourth-order valence-corrected chi connectivity index (χ4v) is 3.30. The maximum atomic E-state index is 12.5. The average molecular weight is 324 g/mol. The van der Waals surface area contributed by atoms with Crippen LogP contribution in [0.5, 0.6) is 5.75 Å². The Bertz CT molecular complexity index is 770. The lowest BCUT2D eigenvalue weighted by Gasteiger charge is -2.40. The molecule has 0 radical (unpaired) electrons. The molecule has 0 aromatic heterocycles. The van der Waals surface area contributed by atoms with Gasteiger partial charge in [-0.15, -0.1) is 0 Å². The van der Waals surface area contributed by atoms with Gasteiger partial charge in [-0.2, -0.15) is 0 Å². The summed E-state index contributed by atoms with van der Waals surface area (Å²) in [5.74, 6) is 0.122. The highest BCUT2D eigenvalue weighted by Crippen LogP contribution is 2.44. The molecule has 24 heavy (non-hydrogen) atoms. The molecule has 0 amide bonds. The molecular weight excluding hydrogens is 300 g/mol. The van der Waals surface area contributed by atoms with Crippen molar-refractivity contribution in [2.75, 3.05) is 0 Å². The lowest BCUT2D eigenvalue weighted by Crippen LogP contribution is -2.35. The highest BCUT2D eigenvalue weighted by atomic mass is 16.5. The third-order valence-electron chi connectivity index (χ3n) is 5.03. The summed E-state index contributed by atoms with van der Waals surface area (Å²) in [7, 11) is 0. The predicted molar refractivity (Wildman–Crippen MR) is 94.4 cm³/mol. The van der Waals surface area contributed by atoms with E-state index in [0.29, 0.717) is 17.7 Å². The van der Waals surface area contributed by atoms with Gasteiger partial charge in [-0.3, -0.25) is 0 Å². The average Bonchev–Trinajstić information content (AvgIpc) is 2.54. The minimum absolute atomic E-state index is 0.00301. The van der Waals surface area contributed by atoms with Crippen molar-refractivity contribution in [3.63, 3.8) is 0 Å². The summed E-state index contributed by atoms with van der Waals surface area (Å²) in [5, 5.41) is 10.7. The van der Waals surface area contributed by atoms with Gasteiger partial charge in [0.25, 0.3) is 0 Å². The second kappa shape index (κ2) is 5.75. The van der Waals surface area contributed by atoms with Crippen LogP contribution in [0, 0.1) is 6.92 Å². The second-order valence-electron chi connectivity index (χ2n) is 7.62. The van der Waals surface area contributed by atoms with E-state index in [9.17, 15) is 9.90 Å². The molecule has 126 valence electrons. The van der Waals surface area contributed by atoms with Gasteiger partial charge in [0.2, 0.25) is 0 Å². The van der Waals surface area contributed by atoms with Crippen LogP contribution in [0.25, 0.3) is 0 Å². The molecule has 0 bridgehead atoms. The number of benzene rings is 2. The number of carbonyl (C=O) groups is 1. The Kier molecular flexibility index (Phi) is 4.00. The Morgan fingerprint density at radius 2 is 1.67 bits per heavy atom. The Morgan fingerprint density at radius 3 is 2.33 bits per heavy atom. The fraction of sp³-hybridized carbons (Fsp3) is 0.381. The second-order valence-corrected chi connectivity index (χ2v) is 7.62. The van der Waals surface area contributed by atoms with Crippen molar-refractivity contribution in [1.82, 2.24) is 0 Å². The van der Waals surface area contributed by atoms with E-state index in [1.807, 2.05) is 32.0 Å². The first kappa shape index (κ1) is 16.7. The maximum Gasteiger partial charge on any atom is 0.343 e. The van der Waals surface area contributed by atoms with E-state index in [1.165, 1.54) is 0 Å². The summed E-state index contributed by atoms with van der Waals surface area (Å²) in [6, 6.07) is 12.9. The Hall–Kier alpha value is -2.13. The topological polar surface area (TPSA) is 46.5 Å². The highest BCUT2D eigenvalue weighted by Gasteiger charge is 2.38. The number of aliphatic hydroxyl groups is 1. The normalized spacial score (nSPS) is 21.9. The highest BCUT2D eigenvalue weighted by molar-refractivity contribution is 5.91. The molecule has 0 saturated heterocycles. The fourth-order valence-electron chi connectivity index (χ4n) is 3.30. The molecule has 0 fully saturated rings. The predicted octanol–water partition coefficient (Wildman–Crippen LogP) is 4.49. The van der Waals surface area contributed by atoms with Gasteiger partial charge in [-0.1, -0.05) is 37.6 Å². The molecule has 0 heterocycles. The zero-order valence-electron chi connectivity index (χ0n) is 14.7. The van der Waals surface area contributed by atoms with Gasteiger partial charge in [-0.25, -0.2) is 4.79 Å². The Morgan fingerprint density at radius 1 is 1.00 bits per heavy atom. The van der Waals surface area contributed by atoms with Gasteiger partial charge in [0.15, 0.2) is 0 Å². The van der Waals surface area contributed by atoms with Crippen LogP contribution in [-0.4, -0.2) is 11.1 Å². The minimum Gasteiger partial charge on any atom is -0.423 e. The summed E-state index contributed by atoms with van der Waals surface area (Å²) in [6.45, 7) is 8.14. The summed E-state index contributed by atoms with van der Waals surface area (Å²) in [5.41, 5.74) is 2.60. The van der Waals surface area contributed by atoms with Gasteiger partial charge >= 0.3 is 5.97 Å². The molecule has 1 N–H and O–H groups in total. The van der Waals surface area contributed by atoms with Gasteiger partial charge in [0, 0.05) is 0 Å². The van der Waals surface area contributed by atoms with Crippen LogP contribution in [0.2, 0.25) is 0 Å². The van der Waals surface area contributed by atoms with E-state index in [-0.39, 0.29) is 5.41 Å². The molecule has 1 aliphatic rings. The minimum atomic E-state index is -0.912. The van der Waals surface area contributed by atoms with E-state index in [1.54, 1.807) is 24.3 Å². The standard InChI is InChI=1S/C21H24O3/c1-14-5-8-16(9-6-14)24-19(22)15-7-10-17-18(13-15)21(4,23)12-11-20(17,2)3/h5-10,13,23H,11-12H2,1-4H3. The molecule has 0 aliphatic heterocycles. The number of rotatable bonds is 2. The Balaban J connectivity index is 1.92. The first-order chi connectivity index (χ1) is 11.2. The maximum absolute atomic E-state index is 12.5. The van der Waals surface area contributed by atoms with Crippen molar-refractivity contribution < 1.29 is 14.6 Å². The zero-order chi connectivity index (χ0) is 17.5. The molecule has 3 rings (SSSR count). The van der Waals surface area contributed by atoms with Gasteiger partial charge in [-0.05, 0) is 67.5 Å². The molecule has 0 spiro atoms. The third-order valence-corrected chi connectivity index (χ3v) is 5.03. The van der Waals surface area contributed by atoms with Crippen LogP contribution in [0.3, 0.4) is 0 Å². The lowest BCUT2D eigenvalue weighted by atomic mass is 9.67. The third kappa shape index (κ3) is 3.09. The molecule has 0 saturated carbocycles. The summed E-state index contributed by atoms with van der Waals surface area (Å²) in [6.07, 6.45) is 1.60.